The molecule has 0 atom stereocenters. The summed E-state index contributed by atoms with van der Waals surface area (Å²) in [4.78, 5) is 24.4. The number of fused-ring (bicyclic) bond motifs is 2. The Kier molecular flexibility index (Phi) is 3.60. The molecule has 2 aromatic rings. The van der Waals surface area contributed by atoms with E-state index in [2.05, 4.69) is 6.07 Å². The van der Waals surface area contributed by atoms with Gasteiger partial charge in [-0.3, -0.25) is 4.79 Å². The summed E-state index contributed by atoms with van der Waals surface area (Å²) in [6.45, 7) is 1.86. The van der Waals surface area contributed by atoms with Gasteiger partial charge in [0.25, 0.3) is 0 Å². The maximum Gasteiger partial charge on any atom is 3.00 e. The molecule has 2 nitrogen and oxygen atoms in total. The van der Waals surface area contributed by atoms with Crippen LogP contribution in [0.25, 0.3) is 0 Å². The van der Waals surface area contributed by atoms with Crippen molar-refractivity contribution in [2.75, 3.05) is 0 Å². The van der Waals surface area contributed by atoms with Crippen molar-refractivity contribution in [1.29, 1.82) is 0 Å². The fourth-order valence-electron chi connectivity index (χ4n) is 2.13. The van der Waals surface area contributed by atoms with E-state index in [9.17, 15) is 9.59 Å². The molecule has 0 saturated carbocycles. The number of carbonyl (C=O) groups is 2. The second kappa shape index (κ2) is 4.87. The van der Waals surface area contributed by atoms with Crippen molar-refractivity contribution in [3.63, 3.8) is 0 Å². The van der Waals surface area contributed by atoms with Crippen molar-refractivity contribution in [1.82, 2.24) is 0 Å². The van der Waals surface area contributed by atoms with Crippen LogP contribution < -0.4 is 0 Å². The van der Waals surface area contributed by atoms with Crippen molar-refractivity contribution >= 4 is 11.6 Å². The van der Waals surface area contributed by atoms with E-state index in [0.717, 1.165) is 5.56 Å². The summed E-state index contributed by atoms with van der Waals surface area (Å²) in [5, 5.41) is 0. The first-order chi connectivity index (χ1) is 8.18. The summed E-state index contributed by atoms with van der Waals surface area (Å²) < 4.78 is 0. The molecule has 0 bridgehead atoms. The monoisotopic (exact) mass is 310 g/mol. The first-order valence-corrected chi connectivity index (χ1v) is 5.40. The van der Waals surface area contributed by atoms with Gasteiger partial charge >= 0.3 is 32.7 Å². The van der Waals surface area contributed by atoms with E-state index in [1.54, 1.807) is 36.4 Å². The van der Waals surface area contributed by atoms with Crippen LogP contribution in [0.3, 0.4) is 0 Å². The van der Waals surface area contributed by atoms with Crippen molar-refractivity contribution in [3.8, 4) is 0 Å². The van der Waals surface area contributed by atoms with Gasteiger partial charge in [-0.25, -0.2) is 0 Å². The SMILES string of the molecule is Cc1[c-]c2c(cc1)C(=O)c1ccccc1C2=O.[Y+3]. The van der Waals surface area contributed by atoms with Crippen LogP contribution in [0.5, 0.6) is 0 Å². The molecule has 0 unspecified atom stereocenters. The van der Waals surface area contributed by atoms with Crippen molar-refractivity contribution < 1.29 is 42.3 Å². The van der Waals surface area contributed by atoms with Gasteiger partial charge in [-0.2, -0.15) is 0 Å². The van der Waals surface area contributed by atoms with Gasteiger partial charge in [0.2, 0.25) is 0 Å². The zero-order valence-electron chi connectivity index (χ0n) is 9.86. The molecule has 3 heteroatoms. The van der Waals surface area contributed by atoms with E-state index in [1.165, 1.54) is 0 Å². The van der Waals surface area contributed by atoms with Gasteiger partial charge in [-0.1, -0.05) is 42.3 Å². The zero-order chi connectivity index (χ0) is 12.0. The second-order valence-electron chi connectivity index (χ2n) is 4.13. The van der Waals surface area contributed by atoms with E-state index >= 15 is 0 Å². The Balaban J connectivity index is 0.00000120. The molecule has 3 rings (SSSR count). The number of aryl methyl sites for hydroxylation is 1. The molecular formula is C15H9O2Y+2. The fourth-order valence-corrected chi connectivity index (χ4v) is 2.13. The van der Waals surface area contributed by atoms with Gasteiger partial charge in [0.05, 0.1) is 0 Å². The smallest absolute Gasteiger partial charge is 0.346 e. The Morgan fingerprint density at radius 2 is 1.44 bits per heavy atom. The Bertz CT molecular complexity index is 659. The molecular weight excluding hydrogens is 301 g/mol. The molecule has 0 N–H and O–H groups in total. The Labute approximate surface area is 130 Å². The molecule has 1 aliphatic carbocycles. The Morgan fingerprint density at radius 1 is 0.833 bits per heavy atom. The molecule has 1 aliphatic rings. The molecule has 82 valence electrons. The molecule has 0 fully saturated rings. The van der Waals surface area contributed by atoms with E-state index in [1.807, 2.05) is 6.92 Å². The van der Waals surface area contributed by atoms with E-state index in [-0.39, 0.29) is 44.3 Å². The number of ketones is 2. The number of benzene rings is 2. The first-order valence-electron chi connectivity index (χ1n) is 5.40. The van der Waals surface area contributed by atoms with Gasteiger partial charge < -0.3 is 4.79 Å². The van der Waals surface area contributed by atoms with Crippen molar-refractivity contribution in [3.05, 3.63) is 70.3 Å². The second-order valence-corrected chi connectivity index (χ2v) is 4.13. The van der Waals surface area contributed by atoms with Gasteiger partial charge in [-0.05, 0) is 5.56 Å². The summed E-state index contributed by atoms with van der Waals surface area (Å²) in [5.41, 5.74) is 2.69. The third-order valence-electron chi connectivity index (χ3n) is 2.98. The van der Waals surface area contributed by atoms with Crippen LogP contribution in [0.15, 0.2) is 36.4 Å². The molecule has 0 amide bonds. The third kappa shape index (κ3) is 1.90. The van der Waals surface area contributed by atoms with Crippen LogP contribution in [-0.4, -0.2) is 11.6 Å². The quantitative estimate of drug-likeness (QED) is 0.598. The number of carbonyl (C=O) groups excluding carboxylic acids is 2. The van der Waals surface area contributed by atoms with E-state index in [0.29, 0.717) is 22.3 Å². The number of rotatable bonds is 0. The van der Waals surface area contributed by atoms with Gasteiger partial charge in [0.15, 0.2) is 5.78 Å². The topological polar surface area (TPSA) is 34.1 Å². The van der Waals surface area contributed by atoms with Crippen LogP contribution in [-0.2, 0) is 32.7 Å². The van der Waals surface area contributed by atoms with Crippen molar-refractivity contribution in [2.45, 2.75) is 6.92 Å². The van der Waals surface area contributed by atoms with Crippen LogP contribution in [0, 0.1) is 13.0 Å². The maximum atomic E-state index is 12.2. The Hall–Kier alpha value is -1.12. The predicted octanol–water partition coefficient (Wildman–Crippen LogP) is 2.57. The van der Waals surface area contributed by atoms with Crippen LogP contribution in [0.1, 0.15) is 37.4 Å². The average molecular weight is 310 g/mol. The summed E-state index contributed by atoms with van der Waals surface area (Å²) in [5.74, 6) is -0.203. The minimum atomic E-state index is -0.112. The zero-order valence-corrected chi connectivity index (χ0v) is 12.7. The fraction of sp³-hybridized carbons (Fsp3) is 0.0667. The summed E-state index contributed by atoms with van der Waals surface area (Å²) in [6.07, 6.45) is 0. The molecule has 0 aliphatic heterocycles. The van der Waals surface area contributed by atoms with E-state index in [4.69, 9.17) is 0 Å². The third-order valence-corrected chi connectivity index (χ3v) is 2.98. The van der Waals surface area contributed by atoms with Crippen LogP contribution >= 0.6 is 0 Å². The Morgan fingerprint density at radius 3 is 2.11 bits per heavy atom. The minimum Gasteiger partial charge on any atom is -0.346 e. The summed E-state index contributed by atoms with van der Waals surface area (Å²) >= 11 is 0. The molecule has 0 radical (unpaired) electrons. The van der Waals surface area contributed by atoms with E-state index < -0.39 is 0 Å². The maximum absolute atomic E-state index is 12.2. The molecule has 0 aromatic heterocycles. The molecule has 18 heavy (non-hydrogen) atoms. The average Bonchev–Trinajstić information content (AvgIpc) is 2.36. The standard InChI is InChI=1S/C15H9O2.Y/c1-9-6-7-12-13(8-9)15(17)11-5-3-2-4-10(11)14(12)16;/h2-7H,1H3;/q-1;+3. The molecule has 0 spiro atoms. The summed E-state index contributed by atoms with van der Waals surface area (Å²) in [6, 6.07) is 13.4. The van der Waals surface area contributed by atoms with Gasteiger partial charge in [0.1, 0.15) is 5.78 Å². The van der Waals surface area contributed by atoms with Crippen LogP contribution in [0.2, 0.25) is 0 Å². The summed E-state index contributed by atoms with van der Waals surface area (Å²) in [7, 11) is 0. The largest absolute Gasteiger partial charge is 3.00 e. The van der Waals surface area contributed by atoms with Crippen LogP contribution in [0.4, 0.5) is 0 Å². The van der Waals surface area contributed by atoms with Gasteiger partial charge in [-0.15, -0.1) is 23.8 Å². The molecule has 2 aromatic carbocycles. The first kappa shape index (κ1) is 13.3. The number of hydrogen-bond acceptors (Lipinski definition) is 2. The molecule has 0 saturated heterocycles. The normalized spacial score (nSPS) is 12.5. The van der Waals surface area contributed by atoms with Crippen molar-refractivity contribution in [2.24, 2.45) is 0 Å². The number of hydrogen-bond donors (Lipinski definition) is 0. The van der Waals surface area contributed by atoms with Gasteiger partial charge in [0, 0.05) is 5.56 Å². The molecule has 0 heterocycles. The minimum absolute atomic E-state index is 0. The predicted molar refractivity (Wildman–Crippen MR) is 63.3 cm³/mol.